The van der Waals surface area contributed by atoms with Crippen LogP contribution in [0.1, 0.15) is 19.8 Å². The number of likely N-dealkylation sites (tertiary alicyclic amines) is 1. The van der Waals surface area contributed by atoms with E-state index in [9.17, 15) is 5.11 Å². The summed E-state index contributed by atoms with van der Waals surface area (Å²) in [5, 5.41) is 10.1. The van der Waals surface area contributed by atoms with Crippen LogP contribution < -0.4 is 9.47 Å². The average molecular weight is 279 g/mol. The Bertz CT molecular complexity index is 402. The van der Waals surface area contributed by atoms with E-state index in [1.807, 2.05) is 24.3 Å². The lowest BCUT2D eigenvalue weighted by molar-refractivity contribution is 0.0562. The van der Waals surface area contributed by atoms with Gasteiger partial charge in [0, 0.05) is 12.6 Å². The van der Waals surface area contributed by atoms with Crippen molar-refractivity contribution >= 4 is 0 Å². The van der Waals surface area contributed by atoms with E-state index in [2.05, 4.69) is 11.8 Å². The molecule has 0 bridgehead atoms. The molecule has 4 nitrogen and oxygen atoms in total. The van der Waals surface area contributed by atoms with Crippen molar-refractivity contribution in [3.05, 3.63) is 24.3 Å². The van der Waals surface area contributed by atoms with Crippen molar-refractivity contribution in [1.29, 1.82) is 0 Å². The molecule has 0 radical (unpaired) electrons. The number of methoxy groups -OCH3 is 1. The highest BCUT2D eigenvalue weighted by molar-refractivity contribution is 5.32. The van der Waals surface area contributed by atoms with Crippen LogP contribution in [0.25, 0.3) is 0 Å². The van der Waals surface area contributed by atoms with Crippen molar-refractivity contribution in [3.63, 3.8) is 0 Å². The van der Waals surface area contributed by atoms with Gasteiger partial charge in [0.25, 0.3) is 0 Å². The lowest BCUT2D eigenvalue weighted by atomic mass is 9.99. The molecule has 1 saturated heterocycles. The first-order valence-corrected chi connectivity index (χ1v) is 7.34. The predicted molar refractivity (Wildman–Crippen MR) is 79.3 cm³/mol. The monoisotopic (exact) mass is 279 g/mol. The summed E-state index contributed by atoms with van der Waals surface area (Å²) >= 11 is 0. The summed E-state index contributed by atoms with van der Waals surface area (Å²) in [7, 11) is 1.63. The lowest BCUT2D eigenvalue weighted by Crippen LogP contribution is -2.40. The summed E-state index contributed by atoms with van der Waals surface area (Å²) in [6.07, 6.45) is 2.00. The Balaban J connectivity index is 1.73. The maximum Gasteiger partial charge on any atom is 0.123 e. The van der Waals surface area contributed by atoms with E-state index < -0.39 is 6.10 Å². The van der Waals surface area contributed by atoms with E-state index in [1.165, 1.54) is 12.8 Å². The van der Waals surface area contributed by atoms with Crippen LogP contribution in [0.3, 0.4) is 0 Å². The van der Waals surface area contributed by atoms with Crippen LogP contribution in [0.15, 0.2) is 24.3 Å². The van der Waals surface area contributed by atoms with Gasteiger partial charge in [0.15, 0.2) is 0 Å². The van der Waals surface area contributed by atoms with Crippen molar-refractivity contribution < 1.29 is 14.6 Å². The first-order chi connectivity index (χ1) is 9.67. The molecule has 1 N–H and O–H groups in total. The third-order valence-corrected chi connectivity index (χ3v) is 3.83. The molecule has 1 aliphatic rings. The van der Waals surface area contributed by atoms with Crippen molar-refractivity contribution in [2.24, 2.45) is 5.92 Å². The van der Waals surface area contributed by atoms with Crippen LogP contribution in [-0.4, -0.2) is 49.5 Å². The second-order valence-electron chi connectivity index (χ2n) is 5.63. The second kappa shape index (κ2) is 7.50. The standard InChI is InChI=1S/C16H25NO3/c1-13-6-8-17(9-7-13)11-14(18)12-20-16-5-3-4-15(10-16)19-2/h3-5,10,13-14,18H,6-9,11-12H2,1-2H3/t14-/m1/s1. The van der Waals surface area contributed by atoms with Gasteiger partial charge < -0.3 is 19.5 Å². The summed E-state index contributed by atoms with van der Waals surface area (Å²) in [6.45, 7) is 5.46. The van der Waals surface area contributed by atoms with E-state index in [0.29, 0.717) is 13.2 Å². The van der Waals surface area contributed by atoms with Gasteiger partial charge in [-0.15, -0.1) is 0 Å². The highest BCUT2D eigenvalue weighted by atomic mass is 16.5. The zero-order valence-electron chi connectivity index (χ0n) is 12.4. The number of β-amino-alcohol motifs (C(OH)–C–C–N with tert-alkyl or cyclic N) is 1. The molecule has 0 amide bonds. The van der Waals surface area contributed by atoms with E-state index in [1.54, 1.807) is 7.11 Å². The zero-order chi connectivity index (χ0) is 14.4. The van der Waals surface area contributed by atoms with E-state index in [4.69, 9.17) is 9.47 Å². The molecule has 1 fully saturated rings. The number of nitrogens with zero attached hydrogens (tertiary/aromatic N) is 1. The van der Waals surface area contributed by atoms with Gasteiger partial charge in [0.05, 0.1) is 7.11 Å². The molecule has 1 heterocycles. The number of piperidine rings is 1. The Morgan fingerprint density at radius 2 is 2.00 bits per heavy atom. The first kappa shape index (κ1) is 15.1. The van der Waals surface area contributed by atoms with Gasteiger partial charge in [0.1, 0.15) is 24.2 Å². The molecule has 0 aromatic heterocycles. The van der Waals surface area contributed by atoms with Crippen LogP contribution >= 0.6 is 0 Å². The SMILES string of the molecule is COc1cccc(OC[C@H](O)CN2CCC(C)CC2)c1. The summed E-state index contributed by atoms with van der Waals surface area (Å²) in [5.41, 5.74) is 0. The van der Waals surface area contributed by atoms with Crippen molar-refractivity contribution in [2.45, 2.75) is 25.9 Å². The quantitative estimate of drug-likeness (QED) is 0.866. The minimum Gasteiger partial charge on any atom is -0.497 e. The van der Waals surface area contributed by atoms with Gasteiger partial charge in [-0.3, -0.25) is 0 Å². The molecule has 20 heavy (non-hydrogen) atoms. The molecule has 2 rings (SSSR count). The predicted octanol–water partition coefficient (Wildman–Crippen LogP) is 2.17. The molecule has 1 atom stereocenters. The summed E-state index contributed by atoms with van der Waals surface area (Å²) in [4.78, 5) is 2.32. The van der Waals surface area contributed by atoms with Crippen LogP contribution in [0, 0.1) is 5.92 Å². The van der Waals surface area contributed by atoms with Crippen molar-refractivity contribution in [1.82, 2.24) is 4.90 Å². The summed E-state index contributed by atoms with van der Waals surface area (Å²) in [5.74, 6) is 2.31. The van der Waals surface area contributed by atoms with Crippen molar-refractivity contribution in [2.75, 3.05) is 33.4 Å². The van der Waals surface area contributed by atoms with Gasteiger partial charge in [0.2, 0.25) is 0 Å². The Kier molecular flexibility index (Phi) is 5.68. The highest BCUT2D eigenvalue weighted by Gasteiger charge is 2.18. The smallest absolute Gasteiger partial charge is 0.123 e. The number of hydrogen-bond acceptors (Lipinski definition) is 4. The second-order valence-corrected chi connectivity index (χ2v) is 5.63. The number of aliphatic hydroxyl groups is 1. The Morgan fingerprint density at radius 3 is 2.70 bits per heavy atom. The lowest BCUT2D eigenvalue weighted by Gasteiger charge is -2.31. The zero-order valence-corrected chi connectivity index (χ0v) is 12.4. The third-order valence-electron chi connectivity index (χ3n) is 3.83. The molecule has 112 valence electrons. The molecule has 0 saturated carbocycles. The summed E-state index contributed by atoms with van der Waals surface area (Å²) < 4.78 is 10.8. The average Bonchev–Trinajstić information content (AvgIpc) is 2.48. The first-order valence-electron chi connectivity index (χ1n) is 7.34. The molecule has 1 aliphatic heterocycles. The summed E-state index contributed by atoms with van der Waals surface area (Å²) in [6, 6.07) is 7.46. The number of benzene rings is 1. The van der Waals surface area contributed by atoms with E-state index in [-0.39, 0.29) is 0 Å². The van der Waals surface area contributed by atoms with Crippen LogP contribution in [0.2, 0.25) is 0 Å². The molecule has 0 aliphatic carbocycles. The minimum absolute atomic E-state index is 0.319. The van der Waals surface area contributed by atoms with E-state index >= 15 is 0 Å². The van der Waals surface area contributed by atoms with Gasteiger partial charge in [-0.25, -0.2) is 0 Å². The Morgan fingerprint density at radius 1 is 1.30 bits per heavy atom. The molecular weight excluding hydrogens is 254 g/mol. The Hall–Kier alpha value is -1.26. The fraction of sp³-hybridized carbons (Fsp3) is 0.625. The maximum absolute atomic E-state index is 10.1. The normalized spacial score (nSPS) is 18.8. The van der Waals surface area contributed by atoms with Crippen molar-refractivity contribution in [3.8, 4) is 11.5 Å². The number of aliphatic hydroxyl groups excluding tert-OH is 1. The van der Waals surface area contributed by atoms with Gasteiger partial charge >= 0.3 is 0 Å². The fourth-order valence-electron chi connectivity index (χ4n) is 2.48. The minimum atomic E-state index is -0.449. The van der Waals surface area contributed by atoms with Crippen LogP contribution in [0.5, 0.6) is 11.5 Å². The molecule has 0 unspecified atom stereocenters. The third kappa shape index (κ3) is 4.69. The van der Waals surface area contributed by atoms with Crippen LogP contribution in [-0.2, 0) is 0 Å². The molecule has 0 spiro atoms. The largest absolute Gasteiger partial charge is 0.497 e. The molecular formula is C16H25NO3. The number of rotatable bonds is 6. The molecule has 1 aromatic rings. The molecule has 4 heteroatoms. The van der Waals surface area contributed by atoms with Gasteiger partial charge in [-0.05, 0) is 44.0 Å². The Labute approximate surface area is 121 Å². The van der Waals surface area contributed by atoms with E-state index in [0.717, 1.165) is 30.5 Å². The molecule has 1 aromatic carbocycles. The maximum atomic E-state index is 10.1. The van der Waals surface area contributed by atoms with Crippen LogP contribution in [0.4, 0.5) is 0 Å². The fourth-order valence-corrected chi connectivity index (χ4v) is 2.48. The topological polar surface area (TPSA) is 41.9 Å². The highest BCUT2D eigenvalue weighted by Crippen LogP contribution is 2.19. The van der Waals surface area contributed by atoms with Gasteiger partial charge in [-0.1, -0.05) is 13.0 Å². The number of ether oxygens (including phenoxy) is 2. The number of hydrogen-bond donors (Lipinski definition) is 1. The van der Waals surface area contributed by atoms with Gasteiger partial charge in [-0.2, -0.15) is 0 Å².